The number of aliphatic hydroxyl groups excluding tert-OH is 10. The van der Waals surface area contributed by atoms with Gasteiger partial charge >= 0.3 is 25.7 Å². The Kier molecular flexibility index (Phi) is 55.2. The zero-order valence-corrected chi connectivity index (χ0v) is 64.8. The van der Waals surface area contributed by atoms with Crippen molar-refractivity contribution in [2.45, 2.75) is 452 Å². The first-order valence-electron chi connectivity index (χ1n) is 41.3. The van der Waals surface area contributed by atoms with E-state index in [0.717, 1.165) is 89.9 Å². The van der Waals surface area contributed by atoms with Crippen LogP contribution in [0.5, 0.6) is 0 Å². The van der Waals surface area contributed by atoms with Crippen LogP contribution in [-0.4, -0.2) is 204 Å². The van der Waals surface area contributed by atoms with Gasteiger partial charge in [-0.1, -0.05) is 310 Å². The van der Waals surface area contributed by atoms with E-state index in [2.05, 4.69) is 20.8 Å². The number of phosphoric acid groups is 1. The second-order valence-corrected chi connectivity index (χ2v) is 31.3. The molecule has 0 spiro atoms. The van der Waals surface area contributed by atoms with Crippen molar-refractivity contribution < 1.29 is 117 Å². The highest BCUT2D eigenvalue weighted by Gasteiger charge is 2.58. The third-order valence-corrected chi connectivity index (χ3v) is 21.6. The molecule has 18 atom stereocenters. The van der Waals surface area contributed by atoms with Crippen LogP contribution in [0.15, 0.2) is 0 Å². The summed E-state index contributed by atoms with van der Waals surface area (Å²) in [4.78, 5) is 51.2. The lowest BCUT2D eigenvalue weighted by molar-refractivity contribution is -0.360. The molecule has 0 aromatic rings. The number of unbranched alkanes of at least 4 members (excludes halogenated alkanes) is 45. The monoisotopic (exact) mass is 1500 g/mol. The average Bonchev–Trinajstić information content (AvgIpc) is 0.764. The number of ether oxygens (including phenoxy) is 7. The van der Waals surface area contributed by atoms with Gasteiger partial charge in [0, 0.05) is 19.3 Å². The van der Waals surface area contributed by atoms with Gasteiger partial charge in [0.2, 0.25) is 0 Å². The summed E-state index contributed by atoms with van der Waals surface area (Å²) in [6.45, 7) is 3.52. The van der Waals surface area contributed by atoms with Gasteiger partial charge in [0.05, 0.1) is 13.2 Å². The first-order chi connectivity index (χ1) is 49.8. The summed E-state index contributed by atoms with van der Waals surface area (Å²) in [6, 6.07) is 0. The molecule has 2 aliphatic heterocycles. The third-order valence-electron chi connectivity index (χ3n) is 20.6. The SMILES string of the molecule is CCCCCCCCCCCCCCCCCCCC(=O)OCC(COP(=O)(O)OC1C(OC2OC(CO)C(O)C(O)C2O)C(O)C(O)C(O)C1OC1OC(COC(=O)CCCCCCCCCCCCCCCC)C(O)C(O)C1O)OC(=O)CCCCCCCCCCCCCCCCCCC. The Morgan fingerprint density at radius 2 is 0.621 bits per heavy atom. The van der Waals surface area contributed by atoms with Crippen molar-refractivity contribution in [2.75, 3.05) is 26.4 Å². The van der Waals surface area contributed by atoms with Crippen LogP contribution in [0.25, 0.3) is 0 Å². The molecule has 18 unspecified atom stereocenters. The third kappa shape index (κ3) is 42.1. The molecule has 3 fully saturated rings. The highest BCUT2D eigenvalue weighted by molar-refractivity contribution is 7.47. The Labute approximate surface area is 619 Å². The second kappa shape index (κ2) is 59.8. The molecule has 3 rings (SSSR count). The molecule has 0 bridgehead atoms. The summed E-state index contributed by atoms with van der Waals surface area (Å²) < 4.78 is 65.3. The molecule has 0 aromatic carbocycles. The molecule has 2 saturated heterocycles. The maximum atomic E-state index is 14.4. The van der Waals surface area contributed by atoms with Gasteiger partial charge in [-0.15, -0.1) is 0 Å². The summed E-state index contributed by atoms with van der Waals surface area (Å²) in [7, 11) is -5.70. The standard InChI is InChI=1S/C78H147O24P/c1-4-7-10-13-16-19-22-25-28-30-32-35-38-40-43-46-49-52-62(80)94-56-59(97-64(82)54-51-48-45-42-39-36-33-31-29-26-23-20-17-14-11-8-5-2)57-96-103(92,93)102-76-74(100-77-72(90)67(85)65(83)60(55-79)98-77)70(88)69(87)71(89)75(76)101-78-73(91)68(86)66(84)61(99-78)58-95-63(81)53-50-47-44-41-37-34-27-24-21-18-15-12-9-6-3/h59-61,65-79,83-91H,4-58H2,1-3H3,(H,92,93). The molecular formula is C78H147O24P. The van der Waals surface area contributed by atoms with Crippen LogP contribution in [0.2, 0.25) is 0 Å². The van der Waals surface area contributed by atoms with E-state index in [1.807, 2.05) is 0 Å². The van der Waals surface area contributed by atoms with Crippen LogP contribution in [0.3, 0.4) is 0 Å². The first kappa shape index (κ1) is 95.2. The van der Waals surface area contributed by atoms with Crippen LogP contribution in [0, 0.1) is 0 Å². The molecule has 25 heteroatoms. The molecule has 1 saturated carbocycles. The van der Waals surface area contributed by atoms with Crippen LogP contribution in [0.1, 0.15) is 348 Å². The predicted octanol–water partition coefficient (Wildman–Crippen LogP) is 12.9. The Morgan fingerprint density at radius 3 is 0.951 bits per heavy atom. The second-order valence-electron chi connectivity index (χ2n) is 29.9. The Morgan fingerprint density at radius 1 is 0.340 bits per heavy atom. The van der Waals surface area contributed by atoms with E-state index in [1.165, 1.54) is 199 Å². The number of rotatable bonds is 66. The topological polar surface area (TPSA) is 374 Å². The van der Waals surface area contributed by atoms with E-state index in [4.69, 9.17) is 42.2 Å². The highest BCUT2D eigenvalue weighted by Crippen LogP contribution is 2.49. The Hall–Kier alpha value is -2.04. The molecule has 2 heterocycles. The van der Waals surface area contributed by atoms with Gasteiger partial charge in [0.25, 0.3) is 0 Å². The summed E-state index contributed by atoms with van der Waals surface area (Å²) in [6.07, 6.45) is 19.9. The minimum Gasteiger partial charge on any atom is -0.463 e. The molecular weight excluding hydrogens is 1350 g/mol. The average molecular weight is 1500 g/mol. The van der Waals surface area contributed by atoms with Crippen molar-refractivity contribution in [3.63, 3.8) is 0 Å². The van der Waals surface area contributed by atoms with Gasteiger partial charge in [-0.2, -0.15) is 0 Å². The number of esters is 3. The fourth-order valence-corrected chi connectivity index (χ4v) is 14.9. The smallest absolute Gasteiger partial charge is 0.463 e. The van der Waals surface area contributed by atoms with Crippen molar-refractivity contribution in [3.8, 4) is 0 Å². The zero-order valence-electron chi connectivity index (χ0n) is 63.9. The lowest BCUT2D eigenvalue weighted by atomic mass is 9.84. The number of aliphatic hydroxyl groups is 10. The highest BCUT2D eigenvalue weighted by atomic mass is 31.2. The minimum atomic E-state index is -5.70. The maximum Gasteiger partial charge on any atom is 0.472 e. The largest absolute Gasteiger partial charge is 0.472 e. The van der Waals surface area contributed by atoms with Crippen molar-refractivity contribution in [1.82, 2.24) is 0 Å². The van der Waals surface area contributed by atoms with Crippen LogP contribution < -0.4 is 0 Å². The summed E-state index contributed by atoms with van der Waals surface area (Å²) in [5, 5.41) is 110. The lowest BCUT2D eigenvalue weighted by Crippen LogP contribution is -2.69. The molecule has 0 radical (unpaired) electrons. The molecule has 11 N–H and O–H groups in total. The van der Waals surface area contributed by atoms with E-state index < -0.39 is 156 Å². The van der Waals surface area contributed by atoms with Crippen molar-refractivity contribution in [3.05, 3.63) is 0 Å². The van der Waals surface area contributed by atoms with Crippen molar-refractivity contribution in [1.29, 1.82) is 0 Å². The number of hydrogen-bond acceptors (Lipinski definition) is 23. The van der Waals surface area contributed by atoms with Gasteiger partial charge in [0.1, 0.15) is 98.7 Å². The molecule has 24 nitrogen and oxygen atoms in total. The molecule has 103 heavy (non-hydrogen) atoms. The zero-order chi connectivity index (χ0) is 75.3. The van der Waals surface area contributed by atoms with Crippen LogP contribution in [0.4, 0.5) is 0 Å². The van der Waals surface area contributed by atoms with Crippen LogP contribution in [-0.2, 0) is 61.2 Å². The fraction of sp³-hybridized carbons (Fsp3) is 0.962. The van der Waals surface area contributed by atoms with Gasteiger partial charge in [-0.25, -0.2) is 4.57 Å². The van der Waals surface area contributed by atoms with E-state index in [1.54, 1.807) is 0 Å². The molecule has 608 valence electrons. The summed E-state index contributed by atoms with van der Waals surface area (Å²) in [5.41, 5.74) is 0. The van der Waals surface area contributed by atoms with E-state index in [-0.39, 0.29) is 19.3 Å². The number of phosphoric ester groups is 1. The molecule has 0 amide bonds. The van der Waals surface area contributed by atoms with E-state index >= 15 is 0 Å². The summed E-state index contributed by atoms with van der Waals surface area (Å²) in [5.74, 6) is -1.96. The molecule has 3 aliphatic rings. The van der Waals surface area contributed by atoms with E-state index in [0.29, 0.717) is 19.3 Å². The fourth-order valence-electron chi connectivity index (χ4n) is 13.9. The van der Waals surface area contributed by atoms with Crippen molar-refractivity contribution in [2.24, 2.45) is 0 Å². The Bertz CT molecular complexity index is 2120. The quantitative estimate of drug-likeness (QED) is 0.0117. The predicted molar refractivity (Wildman–Crippen MR) is 393 cm³/mol. The van der Waals surface area contributed by atoms with Gasteiger partial charge in [-0.05, 0) is 19.3 Å². The Balaban J connectivity index is 1.69. The molecule has 1 aliphatic carbocycles. The van der Waals surface area contributed by atoms with Gasteiger partial charge in [0.15, 0.2) is 18.7 Å². The molecule has 0 aromatic heterocycles. The van der Waals surface area contributed by atoms with E-state index in [9.17, 15) is 74.9 Å². The number of carbonyl (C=O) groups is 3. The first-order valence-corrected chi connectivity index (χ1v) is 42.8. The number of carbonyl (C=O) groups excluding carboxylic acids is 3. The van der Waals surface area contributed by atoms with Gasteiger partial charge in [-0.3, -0.25) is 23.4 Å². The minimum absolute atomic E-state index is 0.0323. The van der Waals surface area contributed by atoms with Crippen molar-refractivity contribution >= 4 is 25.7 Å². The maximum absolute atomic E-state index is 14.4. The van der Waals surface area contributed by atoms with Gasteiger partial charge < -0.3 is 89.1 Å². The normalized spacial score (nSPS) is 26.8. The summed E-state index contributed by atoms with van der Waals surface area (Å²) >= 11 is 0. The number of hydrogen-bond donors (Lipinski definition) is 11. The lowest BCUT2D eigenvalue weighted by Gasteiger charge is -2.49. The van der Waals surface area contributed by atoms with Crippen LogP contribution >= 0.6 is 7.82 Å².